The molecular weight excluding hydrogens is 367 g/mol. The van der Waals surface area contributed by atoms with Crippen molar-refractivity contribution in [3.05, 3.63) is 29.3 Å². The zero-order valence-corrected chi connectivity index (χ0v) is 15.3. The number of piperidine rings is 1. The largest absolute Gasteiger partial charge is 0.573 e. The molecule has 1 saturated heterocycles. The molecule has 1 aliphatic rings. The number of rotatable bonds is 3. The Kier molecular flexibility index (Phi) is 5.91. The van der Waals surface area contributed by atoms with Crippen molar-refractivity contribution < 1.29 is 37.3 Å². The molecule has 9 heteroatoms. The van der Waals surface area contributed by atoms with E-state index in [0.717, 1.165) is 6.07 Å². The lowest BCUT2D eigenvalue weighted by atomic mass is 9.89. The summed E-state index contributed by atoms with van der Waals surface area (Å²) >= 11 is 0. The van der Waals surface area contributed by atoms with Crippen molar-refractivity contribution in [2.75, 3.05) is 13.1 Å². The van der Waals surface area contributed by atoms with Gasteiger partial charge in [0.1, 0.15) is 11.4 Å². The number of halogens is 3. The number of hydrogen-bond donors (Lipinski definition) is 1. The second-order valence-electron chi connectivity index (χ2n) is 7.41. The summed E-state index contributed by atoms with van der Waals surface area (Å²) in [5.41, 5.74) is -0.593. The minimum absolute atomic E-state index is 0.226. The van der Waals surface area contributed by atoms with Crippen molar-refractivity contribution in [2.24, 2.45) is 0 Å². The van der Waals surface area contributed by atoms with Gasteiger partial charge in [-0.25, -0.2) is 9.59 Å². The number of likely N-dealkylation sites (tertiary alicyclic amines) is 1. The predicted molar refractivity (Wildman–Crippen MR) is 89.9 cm³/mol. The van der Waals surface area contributed by atoms with Gasteiger partial charge in [0, 0.05) is 19.0 Å². The van der Waals surface area contributed by atoms with Crippen molar-refractivity contribution in [2.45, 2.75) is 51.5 Å². The third kappa shape index (κ3) is 6.33. The van der Waals surface area contributed by atoms with Crippen LogP contribution in [0.5, 0.6) is 5.75 Å². The molecule has 6 nitrogen and oxygen atoms in total. The van der Waals surface area contributed by atoms with E-state index in [-0.39, 0.29) is 18.0 Å². The molecule has 1 atom stereocenters. The number of carbonyl (C=O) groups excluding carboxylic acids is 1. The monoisotopic (exact) mass is 389 g/mol. The topological polar surface area (TPSA) is 76.1 Å². The third-order valence-corrected chi connectivity index (χ3v) is 3.95. The summed E-state index contributed by atoms with van der Waals surface area (Å²) in [6, 6.07) is 3.31. The number of hydrogen-bond acceptors (Lipinski definition) is 4. The number of nitrogens with zero attached hydrogens (tertiary/aromatic N) is 1. The summed E-state index contributed by atoms with van der Waals surface area (Å²) in [5.74, 6) is -2.27. The maximum atomic E-state index is 12.5. The highest BCUT2D eigenvalue weighted by molar-refractivity contribution is 5.88. The number of benzene rings is 1. The van der Waals surface area contributed by atoms with E-state index in [4.69, 9.17) is 4.74 Å². The summed E-state index contributed by atoms with van der Waals surface area (Å²) in [4.78, 5) is 25.0. The number of ether oxygens (including phenoxy) is 2. The van der Waals surface area contributed by atoms with Crippen LogP contribution in [-0.4, -0.2) is 47.1 Å². The lowest BCUT2D eigenvalue weighted by Crippen LogP contribution is -2.42. The quantitative estimate of drug-likeness (QED) is 0.829. The van der Waals surface area contributed by atoms with Crippen LogP contribution in [0.2, 0.25) is 0 Å². The van der Waals surface area contributed by atoms with Gasteiger partial charge < -0.3 is 19.5 Å². The van der Waals surface area contributed by atoms with E-state index in [1.54, 1.807) is 20.8 Å². The molecule has 0 radical (unpaired) electrons. The molecule has 0 aliphatic carbocycles. The minimum Gasteiger partial charge on any atom is -0.478 e. The van der Waals surface area contributed by atoms with Gasteiger partial charge in [-0.1, -0.05) is 0 Å². The van der Waals surface area contributed by atoms with E-state index in [0.29, 0.717) is 24.9 Å². The van der Waals surface area contributed by atoms with Crippen molar-refractivity contribution in [3.8, 4) is 5.75 Å². The highest BCUT2D eigenvalue weighted by Crippen LogP contribution is 2.33. The van der Waals surface area contributed by atoms with Crippen LogP contribution in [-0.2, 0) is 4.74 Å². The van der Waals surface area contributed by atoms with Crippen LogP contribution in [0.1, 0.15) is 55.5 Å². The van der Waals surface area contributed by atoms with E-state index in [1.165, 1.54) is 17.0 Å². The molecule has 0 spiro atoms. The maximum absolute atomic E-state index is 12.5. The second-order valence-corrected chi connectivity index (χ2v) is 7.41. The number of alkyl halides is 3. The maximum Gasteiger partial charge on any atom is 0.573 e. The number of amides is 1. The molecule has 0 saturated carbocycles. The van der Waals surface area contributed by atoms with E-state index < -0.39 is 29.8 Å². The van der Waals surface area contributed by atoms with Gasteiger partial charge in [0.25, 0.3) is 0 Å². The van der Waals surface area contributed by atoms with Crippen LogP contribution in [0.25, 0.3) is 0 Å². The molecule has 1 aromatic carbocycles. The van der Waals surface area contributed by atoms with Crippen molar-refractivity contribution in [1.82, 2.24) is 4.90 Å². The summed E-state index contributed by atoms with van der Waals surface area (Å²) in [5, 5.41) is 9.18. The Labute approximate surface area is 154 Å². The number of carboxylic acids is 1. The molecule has 27 heavy (non-hydrogen) atoms. The third-order valence-electron chi connectivity index (χ3n) is 3.95. The normalized spacial score (nSPS) is 18.1. The molecule has 1 heterocycles. The number of carbonyl (C=O) groups is 2. The van der Waals surface area contributed by atoms with Gasteiger partial charge in [-0.05, 0) is 57.4 Å². The molecule has 1 aromatic rings. The van der Waals surface area contributed by atoms with Crippen LogP contribution in [0.3, 0.4) is 0 Å². The van der Waals surface area contributed by atoms with Gasteiger partial charge in [-0.3, -0.25) is 0 Å². The van der Waals surface area contributed by atoms with E-state index in [9.17, 15) is 27.9 Å². The van der Waals surface area contributed by atoms with Crippen LogP contribution < -0.4 is 4.74 Å². The first-order chi connectivity index (χ1) is 12.3. The number of carboxylic acid groups (broad SMARTS) is 1. The first-order valence-electron chi connectivity index (χ1n) is 8.46. The summed E-state index contributed by atoms with van der Waals surface area (Å²) < 4.78 is 46.8. The molecule has 1 unspecified atom stereocenters. The Bertz CT molecular complexity index is 712. The first-order valence-corrected chi connectivity index (χ1v) is 8.46. The molecule has 1 aliphatic heterocycles. The van der Waals surface area contributed by atoms with E-state index in [1.807, 2.05) is 0 Å². The smallest absolute Gasteiger partial charge is 0.478 e. The molecular formula is C18H22F3NO5. The van der Waals surface area contributed by atoms with Gasteiger partial charge in [0.15, 0.2) is 0 Å². The Morgan fingerprint density at radius 3 is 2.41 bits per heavy atom. The van der Waals surface area contributed by atoms with Crippen LogP contribution >= 0.6 is 0 Å². The van der Waals surface area contributed by atoms with Crippen molar-refractivity contribution in [1.29, 1.82) is 0 Å². The second kappa shape index (κ2) is 7.66. The van der Waals surface area contributed by atoms with E-state index >= 15 is 0 Å². The molecule has 150 valence electrons. The Hall–Kier alpha value is -2.45. The van der Waals surface area contributed by atoms with Crippen molar-refractivity contribution in [3.63, 3.8) is 0 Å². The Morgan fingerprint density at radius 1 is 1.19 bits per heavy atom. The van der Waals surface area contributed by atoms with Gasteiger partial charge in [0.05, 0.1) is 5.56 Å². The average molecular weight is 389 g/mol. The molecule has 1 N–H and O–H groups in total. The molecule has 0 aromatic heterocycles. The molecule has 1 fully saturated rings. The van der Waals surface area contributed by atoms with Crippen LogP contribution in [0, 0.1) is 0 Å². The summed E-state index contributed by atoms with van der Waals surface area (Å²) in [7, 11) is 0. The SMILES string of the molecule is CC(C)(C)OC(=O)N1CCCC(c2cc(OC(F)(F)F)cc(C(=O)O)c2)C1. The van der Waals surface area contributed by atoms with Crippen LogP contribution in [0.15, 0.2) is 18.2 Å². The minimum atomic E-state index is -4.93. The van der Waals surface area contributed by atoms with Gasteiger partial charge in [0.2, 0.25) is 0 Å². The molecule has 1 amide bonds. The number of aromatic carboxylic acids is 1. The fourth-order valence-corrected chi connectivity index (χ4v) is 2.92. The van der Waals surface area contributed by atoms with Crippen molar-refractivity contribution >= 4 is 12.1 Å². The fourth-order valence-electron chi connectivity index (χ4n) is 2.92. The van der Waals surface area contributed by atoms with Gasteiger partial charge in [-0.2, -0.15) is 0 Å². The average Bonchev–Trinajstić information content (AvgIpc) is 2.51. The first kappa shape index (κ1) is 20.9. The molecule has 0 bridgehead atoms. The zero-order valence-electron chi connectivity index (χ0n) is 15.3. The highest BCUT2D eigenvalue weighted by atomic mass is 19.4. The fraction of sp³-hybridized carbons (Fsp3) is 0.556. The Balaban J connectivity index is 2.25. The summed E-state index contributed by atoms with van der Waals surface area (Å²) in [6.45, 7) is 5.91. The lowest BCUT2D eigenvalue weighted by molar-refractivity contribution is -0.274. The predicted octanol–water partition coefficient (Wildman–Crippen LogP) is 4.40. The van der Waals surface area contributed by atoms with Gasteiger partial charge >= 0.3 is 18.4 Å². The van der Waals surface area contributed by atoms with Gasteiger partial charge in [-0.15, -0.1) is 13.2 Å². The zero-order chi connectivity index (χ0) is 20.4. The summed E-state index contributed by atoms with van der Waals surface area (Å²) in [6.07, 6.45) is -4.21. The molecule has 2 rings (SSSR count). The standard InChI is InChI=1S/C18H22F3NO5/c1-17(2,3)27-16(25)22-6-4-5-11(10-22)12-7-13(15(23)24)9-14(8-12)26-18(19,20)21/h7-9,11H,4-6,10H2,1-3H3,(H,23,24). The van der Waals surface area contributed by atoms with E-state index in [2.05, 4.69) is 4.74 Å². The Morgan fingerprint density at radius 2 is 1.85 bits per heavy atom. The lowest BCUT2D eigenvalue weighted by Gasteiger charge is -2.34. The highest BCUT2D eigenvalue weighted by Gasteiger charge is 2.33. The van der Waals surface area contributed by atoms with Crippen LogP contribution in [0.4, 0.5) is 18.0 Å².